The van der Waals surface area contributed by atoms with Crippen LogP contribution in [0.4, 0.5) is 0 Å². The molecule has 0 saturated carbocycles. The third kappa shape index (κ3) is 19.5. The Balaban J connectivity index is 3.36. The molecular weight excluding hydrogens is 578 g/mol. The fourth-order valence-corrected chi connectivity index (χ4v) is 17.7. The maximum atomic E-state index is 14.3. The van der Waals surface area contributed by atoms with Crippen molar-refractivity contribution in [1.82, 2.24) is 0 Å². The molecule has 1 unspecified atom stereocenters. The zero-order chi connectivity index (χ0) is 32.3. The van der Waals surface area contributed by atoms with Crippen molar-refractivity contribution >= 4 is 14.4 Å². The Morgan fingerprint density at radius 1 is 0.500 bits per heavy atom. The minimum atomic E-state index is -3.81. The molecule has 1 N–H and O–H groups in total. The van der Waals surface area contributed by atoms with Crippen molar-refractivity contribution in [3.63, 3.8) is 0 Å². The van der Waals surface area contributed by atoms with E-state index in [4.69, 9.17) is 4.31 Å². The summed E-state index contributed by atoms with van der Waals surface area (Å²) in [7, 11) is -3.81. The minimum absolute atomic E-state index is 0.145. The quantitative estimate of drug-likeness (QED) is 0.0621. The van der Waals surface area contributed by atoms with Gasteiger partial charge in [-0.25, -0.2) is 0 Å². The molecule has 0 fully saturated rings. The van der Waals surface area contributed by atoms with Gasteiger partial charge in [-0.05, 0) is 0 Å². The van der Waals surface area contributed by atoms with Crippen LogP contribution in [0.25, 0.3) is 0 Å². The standard InChI is InChI=1S/C39H76O3P2/c1-5-9-13-17-21-28-34-44(35-29-22-18-14-10-6-2,36-30-23-19-15-11-7-3,37-31-24-20-16-12-8-4)42-43(40,41)38-39-32-26-25-27-33-39/h25-27,32-33H,5-24,28-31,34-38H2,1-4H3,(H,40,41). The van der Waals surface area contributed by atoms with E-state index in [1.54, 1.807) is 0 Å². The van der Waals surface area contributed by atoms with E-state index in [0.717, 1.165) is 55.9 Å². The first-order chi connectivity index (χ1) is 21.3. The molecule has 0 amide bonds. The van der Waals surface area contributed by atoms with Gasteiger partial charge < -0.3 is 0 Å². The summed E-state index contributed by atoms with van der Waals surface area (Å²) >= 11 is 0. The van der Waals surface area contributed by atoms with Crippen LogP contribution < -0.4 is 0 Å². The second-order valence-electron chi connectivity index (χ2n) is 14.2. The molecule has 1 aromatic rings. The van der Waals surface area contributed by atoms with Gasteiger partial charge in [0, 0.05) is 0 Å². The van der Waals surface area contributed by atoms with Crippen molar-refractivity contribution in [2.45, 2.75) is 188 Å². The predicted molar refractivity (Wildman–Crippen MR) is 201 cm³/mol. The molecule has 5 heteroatoms. The normalized spacial score (nSPS) is 14.3. The molecule has 1 aromatic carbocycles. The van der Waals surface area contributed by atoms with Crippen molar-refractivity contribution in [3.05, 3.63) is 35.9 Å². The van der Waals surface area contributed by atoms with Crippen LogP contribution >= 0.6 is 14.4 Å². The molecule has 260 valence electrons. The van der Waals surface area contributed by atoms with Crippen molar-refractivity contribution < 1.29 is 13.8 Å². The van der Waals surface area contributed by atoms with Crippen LogP contribution in [0.5, 0.6) is 0 Å². The molecule has 0 aliphatic heterocycles. The molecule has 0 spiro atoms. The van der Waals surface area contributed by atoms with E-state index in [2.05, 4.69) is 27.7 Å². The van der Waals surface area contributed by atoms with Crippen molar-refractivity contribution in [3.8, 4) is 0 Å². The Kier molecular flexibility index (Phi) is 24.6. The van der Waals surface area contributed by atoms with Crippen LogP contribution in [-0.2, 0) is 15.0 Å². The molecule has 1 atom stereocenters. The Bertz CT molecular complexity index is 752. The average Bonchev–Trinajstić information content (AvgIpc) is 3.00. The summed E-state index contributed by atoms with van der Waals surface area (Å²) < 4.78 is 21.4. The third-order valence-electron chi connectivity index (χ3n) is 9.89. The fraction of sp³-hybridized carbons (Fsp3) is 0.846. The van der Waals surface area contributed by atoms with Gasteiger partial charge in [0.2, 0.25) is 0 Å². The molecule has 0 aromatic heterocycles. The molecule has 0 radical (unpaired) electrons. The van der Waals surface area contributed by atoms with Gasteiger partial charge in [-0.2, -0.15) is 0 Å². The van der Waals surface area contributed by atoms with Crippen LogP contribution in [0.15, 0.2) is 30.3 Å². The summed E-state index contributed by atoms with van der Waals surface area (Å²) in [4.78, 5) is 11.7. The number of hydrogen-bond donors (Lipinski definition) is 1. The molecule has 0 aliphatic rings. The van der Waals surface area contributed by atoms with E-state index >= 15 is 0 Å². The van der Waals surface area contributed by atoms with Gasteiger partial charge in [0.15, 0.2) is 0 Å². The summed E-state index contributed by atoms with van der Waals surface area (Å²) in [5.74, 6) is 0. The third-order valence-corrected chi connectivity index (χ3v) is 19.3. The molecule has 3 nitrogen and oxygen atoms in total. The van der Waals surface area contributed by atoms with Gasteiger partial charge >= 0.3 is 277 Å². The van der Waals surface area contributed by atoms with E-state index in [1.165, 1.54) is 128 Å². The van der Waals surface area contributed by atoms with Crippen LogP contribution in [0.2, 0.25) is 0 Å². The number of unbranched alkanes of at least 4 members (excludes halogenated alkanes) is 20. The van der Waals surface area contributed by atoms with Crippen LogP contribution in [0, 0.1) is 0 Å². The predicted octanol–water partition coefficient (Wildman–Crippen LogP) is 14.3. The van der Waals surface area contributed by atoms with Crippen molar-refractivity contribution in [1.29, 1.82) is 0 Å². The number of hydrogen-bond acceptors (Lipinski definition) is 2. The van der Waals surface area contributed by atoms with Gasteiger partial charge in [0.05, 0.1) is 0 Å². The van der Waals surface area contributed by atoms with Crippen molar-refractivity contribution in [2.75, 3.05) is 24.6 Å². The van der Waals surface area contributed by atoms with E-state index in [9.17, 15) is 9.46 Å². The van der Waals surface area contributed by atoms with E-state index in [0.29, 0.717) is 0 Å². The molecule has 0 saturated heterocycles. The number of benzene rings is 1. The van der Waals surface area contributed by atoms with Gasteiger partial charge in [-0.15, -0.1) is 0 Å². The maximum absolute atomic E-state index is 14.3. The first-order valence-corrected chi connectivity index (χ1v) is 24.1. The van der Waals surface area contributed by atoms with Crippen LogP contribution in [0.1, 0.15) is 187 Å². The Labute approximate surface area is 276 Å². The summed E-state index contributed by atoms with van der Waals surface area (Å²) in [5, 5.41) is 0. The summed E-state index contributed by atoms with van der Waals surface area (Å²) in [5.41, 5.74) is 0.924. The molecule has 44 heavy (non-hydrogen) atoms. The van der Waals surface area contributed by atoms with Crippen molar-refractivity contribution in [2.24, 2.45) is 0 Å². The Morgan fingerprint density at radius 3 is 1.11 bits per heavy atom. The molecular formula is C39H76O3P2. The van der Waals surface area contributed by atoms with E-state index in [-0.39, 0.29) is 6.16 Å². The van der Waals surface area contributed by atoms with Gasteiger partial charge in [0.25, 0.3) is 0 Å². The first kappa shape index (κ1) is 41.8. The SMILES string of the molecule is CCCCCCCCP(CCCCCCCC)(CCCCCCCC)(CCCCCCCC)OP(=O)(O)Cc1ccccc1. The zero-order valence-electron chi connectivity index (χ0n) is 30.1. The Morgan fingerprint density at radius 2 is 0.795 bits per heavy atom. The number of rotatable bonds is 32. The topological polar surface area (TPSA) is 46.5 Å². The second-order valence-corrected chi connectivity index (χ2v) is 21.9. The van der Waals surface area contributed by atoms with E-state index < -0.39 is 14.4 Å². The molecule has 0 bridgehead atoms. The van der Waals surface area contributed by atoms with Gasteiger partial charge in [-0.1, -0.05) is 0 Å². The van der Waals surface area contributed by atoms with Gasteiger partial charge in [0.1, 0.15) is 0 Å². The van der Waals surface area contributed by atoms with Crippen LogP contribution in [-0.4, -0.2) is 29.5 Å². The Hall–Kier alpha value is -0.200. The fourth-order valence-electron chi connectivity index (χ4n) is 7.21. The van der Waals surface area contributed by atoms with E-state index in [1.807, 2.05) is 30.3 Å². The van der Waals surface area contributed by atoms with Crippen LogP contribution in [0.3, 0.4) is 0 Å². The average molecular weight is 655 g/mol. The molecule has 1 rings (SSSR count). The van der Waals surface area contributed by atoms with Gasteiger partial charge in [-0.3, -0.25) is 0 Å². The molecule has 0 heterocycles. The zero-order valence-corrected chi connectivity index (χ0v) is 31.8. The summed E-state index contributed by atoms with van der Waals surface area (Å²) in [6, 6.07) is 9.93. The monoisotopic (exact) mass is 655 g/mol. The molecule has 0 aliphatic carbocycles. The summed E-state index contributed by atoms with van der Waals surface area (Å²) in [6.07, 6.45) is 34.7. The second kappa shape index (κ2) is 25.8. The summed E-state index contributed by atoms with van der Waals surface area (Å²) in [6.45, 7) is 6.20. The first-order valence-electron chi connectivity index (χ1n) is 19.4.